The van der Waals surface area contributed by atoms with Crippen LogP contribution >= 0.6 is 0 Å². The molecule has 0 saturated carbocycles. The Bertz CT molecular complexity index is 1180. The van der Waals surface area contributed by atoms with Crippen LogP contribution in [-0.4, -0.2) is 28.8 Å². The molecule has 3 rings (SSSR count). The lowest BCUT2D eigenvalue weighted by atomic mass is 10.1. The molecule has 0 bridgehead atoms. The molecule has 0 radical (unpaired) electrons. The van der Waals surface area contributed by atoms with Crippen LogP contribution in [0.25, 0.3) is 11.4 Å². The second-order valence-electron chi connectivity index (χ2n) is 6.04. The Morgan fingerprint density at radius 3 is 2.46 bits per heavy atom. The van der Waals surface area contributed by atoms with Gasteiger partial charge in [0, 0.05) is 19.3 Å². The number of carbonyl (C=O) groups is 1. The molecule has 0 atom stereocenters. The van der Waals surface area contributed by atoms with Crippen LogP contribution in [0.15, 0.2) is 59.6 Å². The highest BCUT2D eigenvalue weighted by atomic mass is 32.2. The van der Waals surface area contributed by atoms with E-state index in [0.717, 1.165) is 0 Å². The van der Waals surface area contributed by atoms with Crippen molar-refractivity contribution in [1.82, 2.24) is 14.3 Å². The fraction of sp³-hybridized carbons (Fsp3) is 0.111. The number of nitro groups is 1. The number of hydrogen-bond donors (Lipinski definition) is 1. The summed E-state index contributed by atoms with van der Waals surface area (Å²) in [5, 5.41) is 11.2. The fourth-order valence-corrected chi connectivity index (χ4v) is 3.94. The summed E-state index contributed by atoms with van der Waals surface area (Å²) in [5.41, 5.74) is 0.365. The number of nitro benzene ring substituents is 1. The number of hydrogen-bond acceptors (Lipinski definition) is 6. The van der Waals surface area contributed by atoms with Crippen molar-refractivity contribution < 1.29 is 18.1 Å². The summed E-state index contributed by atoms with van der Waals surface area (Å²) in [5.74, 6) is -0.755. The quantitative estimate of drug-likeness (QED) is 0.518. The van der Waals surface area contributed by atoms with E-state index in [1.807, 2.05) is 4.72 Å². The number of benzene rings is 2. The van der Waals surface area contributed by atoms with Crippen LogP contribution in [0.5, 0.6) is 0 Å². The number of amides is 1. The van der Waals surface area contributed by atoms with Gasteiger partial charge in [0.1, 0.15) is 11.5 Å². The highest BCUT2D eigenvalue weighted by Crippen LogP contribution is 2.28. The first-order valence-corrected chi connectivity index (χ1v) is 9.59. The standard InChI is InChI=1S/C18H16N4O5S/c1-12-7-3-6-10-16(12)28(26,27)20-18(23)14-11-21(2)17(19-14)13-8-4-5-9-15(13)22(24)25/h3-11H,1-2H3,(H,20,23). The van der Waals surface area contributed by atoms with Gasteiger partial charge in [-0.15, -0.1) is 0 Å². The molecule has 0 saturated heterocycles. The first-order valence-electron chi connectivity index (χ1n) is 8.10. The van der Waals surface area contributed by atoms with Gasteiger partial charge in [0.15, 0.2) is 0 Å². The molecular formula is C18H16N4O5S. The zero-order valence-electron chi connectivity index (χ0n) is 15.0. The Morgan fingerprint density at radius 2 is 1.79 bits per heavy atom. The molecule has 9 nitrogen and oxygen atoms in total. The van der Waals surface area contributed by atoms with E-state index in [4.69, 9.17) is 0 Å². The minimum absolute atomic E-state index is 0.0156. The van der Waals surface area contributed by atoms with Gasteiger partial charge < -0.3 is 4.57 Å². The SMILES string of the molecule is Cc1ccccc1S(=O)(=O)NC(=O)c1cn(C)c(-c2ccccc2[N+](=O)[O-])n1. The number of nitrogens with one attached hydrogen (secondary N) is 1. The average molecular weight is 400 g/mol. The molecule has 0 unspecified atom stereocenters. The zero-order chi connectivity index (χ0) is 20.5. The molecule has 3 aromatic rings. The lowest BCUT2D eigenvalue weighted by Gasteiger charge is -2.07. The van der Waals surface area contributed by atoms with E-state index in [-0.39, 0.29) is 27.7 Å². The maximum Gasteiger partial charge on any atom is 0.285 e. The summed E-state index contributed by atoms with van der Waals surface area (Å²) in [6.07, 6.45) is 1.31. The van der Waals surface area contributed by atoms with E-state index >= 15 is 0 Å². The van der Waals surface area contributed by atoms with Crippen LogP contribution in [0.4, 0.5) is 5.69 Å². The van der Waals surface area contributed by atoms with Crippen LogP contribution in [0.3, 0.4) is 0 Å². The molecule has 0 aliphatic carbocycles. The number of sulfonamides is 1. The van der Waals surface area contributed by atoms with Crippen LogP contribution in [-0.2, 0) is 17.1 Å². The molecule has 0 aliphatic heterocycles. The third-order valence-corrected chi connectivity index (χ3v) is 5.55. The van der Waals surface area contributed by atoms with Crippen molar-refractivity contribution >= 4 is 21.6 Å². The summed E-state index contributed by atoms with van der Waals surface area (Å²) < 4.78 is 28.4. The van der Waals surface area contributed by atoms with Crippen molar-refractivity contribution in [2.75, 3.05) is 0 Å². The molecule has 1 N–H and O–H groups in total. The number of para-hydroxylation sites is 1. The molecule has 28 heavy (non-hydrogen) atoms. The van der Waals surface area contributed by atoms with Gasteiger partial charge in [-0.1, -0.05) is 30.3 Å². The van der Waals surface area contributed by atoms with Gasteiger partial charge in [-0.2, -0.15) is 0 Å². The van der Waals surface area contributed by atoms with E-state index in [2.05, 4.69) is 4.98 Å². The summed E-state index contributed by atoms with van der Waals surface area (Å²) >= 11 is 0. The molecule has 0 fully saturated rings. The number of carbonyl (C=O) groups excluding carboxylic acids is 1. The van der Waals surface area contributed by atoms with Crippen molar-refractivity contribution in [3.8, 4) is 11.4 Å². The number of nitrogens with zero attached hydrogens (tertiary/aromatic N) is 3. The van der Waals surface area contributed by atoms with Gasteiger partial charge in [-0.05, 0) is 24.6 Å². The van der Waals surface area contributed by atoms with Crippen molar-refractivity contribution in [2.45, 2.75) is 11.8 Å². The smallest absolute Gasteiger partial charge is 0.285 e. The lowest BCUT2D eigenvalue weighted by Crippen LogP contribution is -2.31. The molecule has 0 spiro atoms. The van der Waals surface area contributed by atoms with E-state index < -0.39 is 20.9 Å². The largest absolute Gasteiger partial charge is 0.333 e. The minimum atomic E-state index is -4.09. The first kappa shape index (κ1) is 19.2. The maximum absolute atomic E-state index is 12.5. The predicted molar refractivity (Wildman–Crippen MR) is 101 cm³/mol. The van der Waals surface area contributed by atoms with Crippen LogP contribution in [0.2, 0.25) is 0 Å². The normalized spacial score (nSPS) is 11.2. The summed E-state index contributed by atoms with van der Waals surface area (Å²) in [7, 11) is -2.52. The molecule has 144 valence electrons. The Balaban J connectivity index is 1.95. The predicted octanol–water partition coefficient (Wildman–Crippen LogP) is 2.42. The number of rotatable bonds is 5. The molecule has 0 aliphatic rings. The monoisotopic (exact) mass is 400 g/mol. The average Bonchev–Trinajstić information content (AvgIpc) is 3.03. The van der Waals surface area contributed by atoms with Crippen molar-refractivity contribution in [1.29, 1.82) is 0 Å². The fourth-order valence-electron chi connectivity index (χ4n) is 2.74. The Kier molecular flexibility index (Phi) is 4.97. The van der Waals surface area contributed by atoms with Crippen molar-refractivity contribution in [2.24, 2.45) is 7.05 Å². The second-order valence-corrected chi connectivity index (χ2v) is 7.69. The zero-order valence-corrected chi connectivity index (χ0v) is 15.8. The molecule has 1 heterocycles. The Hall–Kier alpha value is -3.53. The third-order valence-electron chi connectivity index (χ3n) is 4.06. The highest BCUT2D eigenvalue weighted by Gasteiger charge is 2.24. The summed E-state index contributed by atoms with van der Waals surface area (Å²) in [6.45, 7) is 1.62. The number of aromatic nitrogens is 2. The topological polar surface area (TPSA) is 124 Å². The maximum atomic E-state index is 12.5. The van der Waals surface area contributed by atoms with Gasteiger partial charge in [0.25, 0.3) is 21.6 Å². The first-order chi connectivity index (χ1) is 13.2. The second kappa shape index (κ2) is 7.24. The van der Waals surface area contributed by atoms with Gasteiger partial charge in [0.05, 0.1) is 15.4 Å². The van der Waals surface area contributed by atoms with Gasteiger partial charge >= 0.3 is 0 Å². The Morgan fingerprint density at radius 1 is 1.14 bits per heavy atom. The van der Waals surface area contributed by atoms with E-state index in [1.54, 1.807) is 38.2 Å². The summed E-state index contributed by atoms with van der Waals surface area (Å²) in [4.78, 5) is 27.2. The molecule has 1 aromatic heterocycles. The third kappa shape index (κ3) is 3.62. The van der Waals surface area contributed by atoms with Crippen molar-refractivity contribution in [3.63, 3.8) is 0 Å². The number of imidazole rings is 1. The van der Waals surface area contributed by atoms with Crippen LogP contribution in [0, 0.1) is 17.0 Å². The minimum Gasteiger partial charge on any atom is -0.333 e. The highest BCUT2D eigenvalue weighted by molar-refractivity contribution is 7.90. The molecule has 1 amide bonds. The van der Waals surface area contributed by atoms with Gasteiger partial charge in [0.2, 0.25) is 0 Å². The lowest BCUT2D eigenvalue weighted by molar-refractivity contribution is -0.384. The van der Waals surface area contributed by atoms with Crippen molar-refractivity contribution in [3.05, 3.63) is 76.1 Å². The van der Waals surface area contributed by atoms with Gasteiger partial charge in [-0.25, -0.2) is 18.1 Å². The van der Waals surface area contributed by atoms with E-state index in [0.29, 0.717) is 5.56 Å². The molecule has 10 heteroatoms. The van der Waals surface area contributed by atoms with Crippen LogP contribution < -0.4 is 4.72 Å². The molecule has 2 aromatic carbocycles. The van der Waals surface area contributed by atoms with Gasteiger partial charge in [-0.3, -0.25) is 14.9 Å². The Labute approximate surface area is 160 Å². The number of aryl methyl sites for hydroxylation is 2. The molecular weight excluding hydrogens is 384 g/mol. The van der Waals surface area contributed by atoms with E-state index in [9.17, 15) is 23.3 Å². The summed E-state index contributed by atoms with van der Waals surface area (Å²) in [6, 6.07) is 12.2. The van der Waals surface area contributed by atoms with E-state index in [1.165, 1.54) is 35.0 Å². The van der Waals surface area contributed by atoms with Crippen LogP contribution in [0.1, 0.15) is 16.1 Å².